The molecule has 2 aliphatic rings. The molecule has 5 atom stereocenters. The minimum Gasteiger partial charge on any atom is -0.394 e. The Labute approximate surface area is 102 Å². The third-order valence-electron chi connectivity index (χ3n) is 3.64. The molecule has 1 unspecified atom stereocenters. The summed E-state index contributed by atoms with van der Waals surface area (Å²) in [6.45, 7) is 6.00. The van der Waals surface area contributed by atoms with Gasteiger partial charge in [0.1, 0.15) is 6.10 Å². The lowest BCUT2D eigenvalue weighted by Crippen LogP contribution is -2.49. The highest BCUT2D eigenvalue weighted by atomic mass is 16.7. The van der Waals surface area contributed by atoms with Crippen LogP contribution in [-0.2, 0) is 14.2 Å². The van der Waals surface area contributed by atoms with Gasteiger partial charge < -0.3 is 24.4 Å². The Kier molecular flexibility index (Phi) is 3.75. The summed E-state index contributed by atoms with van der Waals surface area (Å²) in [6, 6.07) is 0. The van der Waals surface area contributed by atoms with Gasteiger partial charge in [-0.05, 0) is 13.8 Å². The van der Waals surface area contributed by atoms with Crippen LogP contribution in [0, 0.1) is 5.92 Å². The quantitative estimate of drug-likeness (QED) is 0.732. The molecule has 2 rings (SSSR count). The van der Waals surface area contributed by atoms with Crippen molar-refractivity contribution in [2.45, 2.75) is 57.4 Å². The van der Waals surface area contributed by atoms with Gasteiger partial charge >= 0.3 is 0 Å². The number of ether oxygens (including phenoxy) is 3. The zero-order valence-electron chi connectivity index (χ0n) is 10.6. The predicted octanol–water partition coefficient (Wildman–Crippen LogP) is 0.285. The molecule has 2 saturated heterocycles. The van der Waals surface area contributed by atoms with Crippen LogP contribution in [0.15, 0.2) is 0 Å². The first-order chi connectivity index (χ1) is 7.93. The molecule has 0 bridgehead atoms. The van der Waals surface area contributed by atoms with Gasteiger partial charge in [0.2, 0.25) is 0 Å². The Balaban J connectivity index is 1.98. The number of rotatable bonds is 2. The van der Waals surface area contributed by atoms with Crippen LogP contribution in [0.4, 0.5) is 0 Å². The second-order valence-corrected chi connectivity index (χ2v) is 5.42. The van der Waals surface area contributed by atoms with Gasteiger partial charge in [-0.15, -0.1) is 0 Å². The van der Waals surface area contributed by atoms with Crippen LogP contribution in [0.5, 0.6) is 0 Å². The molecule has 17 heavy (non-hydrogen) atoms. The van der Waals surface area contributed by atoms with Crippen LogP contribution in [0.25, 0.3) is 0 Å². The van der Waals surface area contributed by atoms with E-state index in [1.807, 2.05) is 20.8 Å². The van der Waals surface area contributed by atoms with Gasteiger partial charge in [-0.2, -0.15) is 0 Å². The van der Waals surface area contributed by atoms with E-state index in [-0.39, 0.29) is 30.8 Å². The van der Waals surface area contributed by atoms with Crippen LogP contribution in [-0.4, -0.2) is 53.6 Å². The Morgan fingerprint density at radius 3 is 2.53 bits per heavy atom. The summed E-state index contributed by atoms with van der Waals surface area (Å²) in [7, 11) is 0. The van der Waals surface area contributed by atoms with E-state index in [9.17, 15) is 10.2 Å². The zero-order valence-corrected chi connectivity index (χ0v) is 10.6. The highest BCUT2D eigenvalue weighted by Gasteiger charge is 2.43. The monoisotopic (exact) mass is 246 g/mol. The van der Waals surface area contributed by atoms with Gasteiger partial charge in [0.05, 0.1) is 31.5 Å². The van der Waals surface area contributed by atoms with Crippen molar-refractivity contribution in [1.29, 1.82) is 0 Å². The van der Waals surface area contributed by atoms with Crippen molar-refractivity contribution in [3.8, 4) is 0 Å². The largest absolute Gasteiger partial charge is 0.394 e. The molecule has 5 nitrogen and oxygen atoms in total. The zero-order chi connectivity index (χ0) is 12.6. The van der Waals surface area contributed by atoms with Crippen LogP contribution >= 0.6 is 0 Å². The first kappa shape index (κ1) is 13.2. The highest BCUT2D eigenvalue weighted by Crippen LogP contribution is 2.32. The maximum Gasteiger partial charge on any atom is 0.163 e. The third kappa shape index (κ3) is 2.80. The van der Waals surface area contributed by atoms with Crippen molar-refractivity contribution in [2.24, 2.45) is 5.92 Å². The van der Waals surface area contributed by atoms with E-state index in [2.05, 4.69) is 0 Å². The number of hydrogen-bond donors (Lipinski definition) is 2. The van der Waals surface area contributed by atoms with Crippen molar-refractivity contribution < 1.29 is 24.4 Å². The van der Waals surface area contributed by atoms with E-state index >= 15 is 0 Å². The normalized spacial score (nSPS) is 46.1. The fourth-order valence-corrected chi connectivity index (χ4v) is 2.45. The van der Waals surface area contributed by atoms with Crippen molar-refractivity contribution in [1.82, 2.24) is 0 Å². The van der Waals surface area contributed by atoms with Gasteiger partial charge in [-0.25, -0.2) is 0 Å². The number of aliphatic hydroxyl groups excluding tert-OH is 2. The molecule has 2 fully saturated rings. The van der Waals surface area contributed by atoms with E-state index in [0.29, 0.717) is 13.0 Å². The molecule has 0 radical (unpaired) electrons. The van der Waals surface area contributed by atoms with E-state index in [1.54, 1.807) is 0 Å². The molecular formula is C12H22O5. The second-order valence-electron chi connectivity index (χ2n) is 5.42. The number of aliphatic hydroxyl groups is 2. The second kappa shape index (κ2) is 4.82. The van der Waals surface area contributed by atoms with Gasteiger partial charge in [-0.1, -0.05) is 6.92 Å². The Morgan fingerprint density at radius 2 is 2.00 bits per heavy atom. The molecule has 0 aromatic rings. The molecule has 100 valence electrons. The molecular weight excluding hydrogens is 224 g/mol. The smallest absolute Gasteiger partial charge is 0.163 e. The van der Waals surface area contributed by atoms with E-state index in [0.717, 1.165) is 0 Å². The van der Waals surface area contributed by atoms with Crippen LogP contribution < -0.4 is 0 Å². The van der Waals surface area contributed by atoms with Gasteiger partial charge in [0.15, 0.2) is 5.79 Å². The lowest BCUT2D eigenvalue weighted by molar-refractivity contribution is -0.198. The maximum atomic E-state index is 9.95. The molecule has 0 spiro atoms. The molecule has 2 aliphatic heterocycles. The summed E-state index contributed by atoms with van der Waals surface area (Å²) in [6.07, 6.45) is -0.627. The molecule has 0 aliphatic carbocycles. The van der Waals surface area contributed by atoms with E-state index in [1.165, 1.54) is 0 Å². The third-order valence-corrected chi connectivity index (χ3v) is 3.64. The van der Waals surface area contributed by atoms with Gasteiger partial charge in [0.25, 0.3) is 0 Å². The average Bonchev–Trinajstić information content (AvgIpc) is 2.62. The minimum absolute atomic E-state index is 0.0495. The topological polar surface area (TPSA) is 68.2 Å². The standard InChI is InChI=1S/C12H22O5/c1-7-8(14)4-9(16-10(7)5-13)11-6-15-12(2,3)17-11/h7-11,13-14H,4-6H2,1-3H3/t7-,8+,9-,10-,11?/m1/s1. The van der Waals surface area contributed by atoms with Crippen molar-refractivity contribution in [2.75, 3.05) is 13.2 Å². The molecule has 0 aromatic heterocycles. The first-order valence-electron chi connectivity index (χ1n) is 6.19. The van der Waals surface area contributed by atoms with Crippen LogP contribution in [0.2, 0.25) is 0 Å². The van der Waals surface area contributed by atoms with Crippen molar-refractivity contribution in [3.63, 3.8) is 0 Å². The molecule has 2 heterocycles. The van der Waals surface area contributed by atoms with Crippen LogP contribution in [0.3, 0.4) is 0 Å². The summed E-state index contributed by atoms with van der Waals surface area (Å²) in [5.74, 6) is -0.636. The SMILES string of the molecule is C[C@@H]1[C@@H](O)C[C@H](C2COC(C)(C)O2)O[C@@H]1CO. The summed E-state index contributed by atoms with van der Waals surface area (Å²) in [5.41, 5.74) is 0. The van der Waals surface area contributed by atoms with E-state index in [4.69, 9.17) is 14.2 Å². The molecule has 2 N–H and O–H groups in total. The lowest BCUT2D eigenvalue weighted by atomic mass is 9.89. The Morgan fingerprint density at radius 1 is 1.29 bits per heavy atom. The fourth-order valence-electron chi connectivity index (χ4n) is 2.45. The summed E-state index contributed by atoms with van der Waals surface area (Å²) >= 11 is 0. The fraction of sp³-hybridized carbons (Fsp3) is 1.00. The summed E-state index contributed by atoms with van der Waals surface area (Å²) in [4.78, 5) is 0. The van der Waals surface area contributed by atoms with Crippen molar-refractivity contribution >= 4 is 0 Å². The average molecular weight is 246 g/mol. The first-order valence-corrected chi connectivity index (χ1v) is 6.19. The lowest BCUT2D eigenvalue weighted by Gasteiger charge is -2.39. The van der Waals surface area contributed by atoms with Gasteiger partial charge in [0, 0.05) is 12.3 Å². The summed E-state index contributed by atoms with van der Waals surface area (Å²) < 4.78 is 17.0. The molecule has 0 aromatic carbocycles. The number of hydrogen-bond acceptors (Lipinski definition) is 5. The predicted molar refractivity (Wildman–Crippen MR) is 60.4 cm³/mol. The Bertz CT molecular complexity index is 268. The highest BCUT2D eigenvalue weighted by molar-refractivity contribution is 4.88. The maximum absolute atomic E-state index is 9.95. The van der Waals surface area contributed by atoms with E-state index < -0.39 is 11.9 Å². The molecule has 5 heteroatoms. The van der Waals surface area contributed by atoms with Crippen molar-refractivity contribution in [3.05, 3.63) is 0 Å². The Hall–Kier alpha value is -0.200. The van der Waals surface area contributed by atoms with Crippen LogP contribution in [0.1, 0.15) is 27.2 Å². The minimum atomic E-state index is -0.587. The summed E-state index contributed by atoms with van der Waals surface area (Å²) in [5, 5.41) is 19.2. The molecule has 0 saturated carbocycles. The molecule has 0 amide bonds. The van der Waals surface area contributed by atoms with Gasteiger partial charge in [-0.3, -0.25) is 0 Å².